The Hall–Kier alpha value is -1.28. The zero-order chi connectivity index (χ0) is 12.2. The second-order valence-corrected chi connectivity index (χ2v) is 4.85. The van der Waals surface area contributed by atoms with Crippen molar-refractivity contribution in [3.63, 3.8) is 0 Å². The minimum Gasteiger partial charge on any atom is -0.444 e. The highest BCUT2D eigenvalue weighted by Gasteiger charge is 2.28. The first-order valence-corrected chi connectivity index (χ1v) is 5.39. The Morgan fingerprint density at radius 1 is 1.56 bits per heavy atom. The smallest absolute Gasteiger partial charge is 0.407 e. The molecule has 0 aliphatic carbocycles. The van der Waals surface area contributed by atoms with Crippen LogP contribution in [0.4, 0.5) is 4.79 Å². The van der Waals surface area contributed by atoms with Crippen molar-refractivity contribution < 1.29 is 14.3 Å². The van der Waals surface area contributed by atoms with Gasteiger partial charge in [0.25, 0.3) is 0 Å². The van der Waals surface area contributed by atoms with Crippen LogP contribution in [-0.4, -0.2) is 30.9 Å². The Morgan fingerprint density at radius 2 is 2.25 bits per heavy atom. The van der Waals surface area contributed by atoms with Crippen molar-refractivity contribution in [1.82, 2.24) is 5.32 Å². The van der Waals surface area contributed by atoms with Crippen molar-refractivity contribution >= 4 is 6.09 Å². The monoisotopic (exact) mass is 226 g/mol. The Morgan fingerprint density at radius 3 is 2.81 bits per heavy atom. The van der Waals surface area contributed by atoms with Crippen molar-refractivity contribution in [3.8, 4) is 6.07 Å². The fourth-order valence-electron chi connectivity index (χ4n) is 1.50. The van der Waals surface area contributed by atoms with Gasteiger partial charge in [-0.1, -0.05) is 0 Å². The van der Waals surface area contributed by atoms with E-state index in [4.69, 9.17) is 14.7 Å². The number of hydrogen-bond donors (Lipinski definition) is 1. The van der Waals surface area contributed by atoms with E-state index in [-0.39, 0.29) is 12.0 Å². The highest BCUT2D eigenvalue weighted by Crippen LogP contribution is 2.15. The maximum absolute atomic E-state index is 11.5. The molecular formula is C11H18N2O3. The molecule has 1 amide bonds. The van der Waals surface area contributed by atoms with Crippen molar-refractivity contribution in [2.45, 2.75) is 38.8 Å². The molecule has 1 fully saturated rings. The van der Waals surface area contributed by atoms with Gasteiger partial charge in [0.1, 0.15) is 5.60 Å². The van der Waals surface area contributed by atoms with Gasteiger partial charge in [-0.25, -0.2) is 4.79 Å². The normalized spacial score (nSPS) is 25.6. The number of nitrogens with zero attached hydrogens (tertiary/aromatic N) is 1. The van der Waals surface area contributed by atoms with Gasteiger partial charge in [-0.15, -0.1) is 0 Å². The van der Waals surface area contributed by atoms with Gasteiger partial charge in [0.05, 0.1) is 24.6 Å². The molecule has 5 heteroatoms. The van der Waals surface area contributed by atoms with E-state index in [0.29, 0.717) is 19.6 Å². The van der Waals surface area contributed by atoms with Gasteiger partial charge in [-0.2, -0.15) is 5.26 Å². The minimum atomic E-state index is -0.516. The molecule has 1 saturated heterocycles. The van der Waals surface area contributed by atoms with E-state index in [1.807, 2.05) is 0 Å². The van der Waals surface area contributed by atoms with Gasteiger partial charge < -0.3 is 14.8 Å². The summed E-state index contributed by atoms with van der Waals surface area (Å²) in [5, 5.41) is 11.6. The molecule has 90 valence electrons. The largest absolute Gasteiger partial charge is 0.444 e. The van der Waals surface area contributed by atoms with E-state index in [1.165, 1.54) is 0 Å². The minimum absolute atomic E-state index is 0.173. The fraction of sp³-hybridized carbons (Fsp3) is 0.818. The highest BCUT2D eigenvalue weighted by atomic mass is 16.6. The summed E-state index contributed by atoms with van der Waals surface area (Å²) in [7, 11) is 0. The summed E-state index contributed by atoms with van der Waals surface area (Å²) in [6, 6.07) is 1.95. The van der Waals surface area contributed by atoms with Gasteiger partial charge in [-0.05, 0) is 27.2 Å². The average Bonchev–Trinajstić information content (AvgIpc) is 2.15. The quantitative estimate of drug-likeness (QED) is 0.734. The number of amides is 1. The molecule has 0 saturated carbocycles. The molecule has 2 unspecified atom stereocenters. The summed E-state index contributed by atoms with van der Waals surface area (Å²) < 4.78 is 10.3. The van der Waals surface area contributed by atoms with Crippen molar-refractivity contribution in [3.05, 3.63) is 0 Å². The second kappa shape index (κ2) is 5.17. The maximum atomic E-state index is 11.5. The predicted octanol–water partition coefficient (Wildman–Crippen LogP) is 1.44. The lowest BCUT2D eigenvalue weighted by Crippen LogP contribution is -2.46. The van der Waals surface area contributed by atoms with Crippen LogP contribution in [0.15, 0.2) is 0 Å². The maximum Gasteiger partial charge on any atom is 0.407 e. The Bertz CT molecular complexity index is 291. The molecule has 1 N–H and O–H groups in total. The molecule has 0 aromatic rings. The van der Waals surface area contributed by atoms with Crippen LogP contribution in [0.2, 0.25) is 0 Å². The van der Waals surface area contributed by atoms with Gasteiger partial charge in [0, 0.05) is 6.61 Å². The van der Waals surface area contributed by atoms with Gasteiger partial charge >= 0.3 is 6.09 Å². The summed E-state index contributed by atoms with van der Waals surface area (Å²) in [6.07, 6.45) is 0.178. The fourth-order valence-corrected chi connectivity index (χ4v) is 1.50. The molecule has 1 aliphatic rings. The molecule has 0 aromatic carbocycles. The Kier molecular flexibility index (Phi) is 4.13. The number of ether oxygens (including phenoxy) is 2. The number of carbonyl (C=O) groups excluding carboxylic acids is 1. The zero-order valence-electron chi connectivity index (χ0n) is 9.95. The van der Waals surface area contributed by atoms with E-state index in [1.54, 1.807) is 20.8 Å². The van der Waals surface area contributed by atoms with Crippen LogP contribution >= 0.6 is 0 Å². The van der Waals surface area contributed by atoms with Gasteiger partial charge in [0.15, 0.2) is 0 Å². The molecule has 0 bridgehead atoms. The lowest BCUT2D eigenvalue weighted by Gasteiger charge is -2.29. The van der Waals surface area contributed by atoms with Crippen LogP contribution in [0.3, 0.4) is 0 Å². The molecule has 1 aliphatic heterocycles. The number of nitrogens with one attached hydrogen (secondary N) is 1. The molecule has 1 heterocycles. The molecule has 5 nitrogen and oxygen atoms in total. The van der Waals surface area contributed by atoms with Crippen molar-refractivity contribution in [1.29, 1.82) is 5.26 Å². The van der Waals surface area contributed by atoms with Crippen LogP contribution < -0.4 is 5.32 Å². The number of alkyl carbamates (subject to hydrolysis) is 1. The van der Waals surface area contributed by atoms with E-state index < -0.39 is 11.7 Å². The Labute approximate surface area is 95.7 Å². The van der Waals surface area contributed by atoms with Crippen molar-refractivity contribution in [2.24, 2.45) is 5.92 Å². The molecule has 0 aromatic heterocycles. The summed E-state index contributed by atoms with van der Waals surface area (Å²) in [5.74, 6) is -0.290. The van der Waals surface area contributed by atoms with E-state index >= 15 is 0 Å². The summed E-state index contributed by atoms with van der Waals surface area (Å²) in [6.45, 7) is 6.35. The number of nitriles is 1. The van der Waals surface area contributed by atoms with Gasteiger partial charge in [-0.3, -0.25) is 0 Å². The van der Waals surface area contributed by atoms with Gasteiger partial charge in [0.2, 0.25) is 0 Å². The third kappa shape index (κ3) is 4.07. The second-order valence-electron chi connectivity index (χ2n) is 4.85. The SMILES string of the molecule is CC(C)(C)OC(=O)NC1CCOCC1C#N. The summed E-state index contributed by atoms with van der Waals surface area (Å²) in [4.78, 5) is 11.5. The molecule has 2 atom stereocenters. The number of carbonyl (C=O) groups is 1. The lowest BCUT2D eigenvalue weighted by atomic mass is 9.97. The number of rotatable bonds is 1. The molecular weight excluding hydrogens is 208 g/mol. The van der Waals surface area contributed by atoms with E-state index in [9.17, 15) is 4.79 Å². The average molecular weight is 226 g/mol. The van der Waals surface area contributed by atoms with Crippen LogP contribution in [0.5, 0.6) is 0 Å². The number of hydrogen-bond acceptors (Lipinski definition) is 4. The van der Waals surface area contributed by atoms with Crippen LogP contribution in [0.25, 0.3) is 0 Å². The summed E-state index contributed by atoms with van der Waals surface area (Å²) >= 11 is 0. The van der Waals surface area contributed by atoms with E-state index in [0.717, 1.165) is 0 Å². The first-order valence-electron chi connectivity index (χ1n) is 5.39. The first-order chi connectivity index (χ1) is 7.42. The lowest BCUT2D eigenvalue weighted by molar-refractivity contribution is 0.0296. The van der Waals surface area contributed by atoms with Crippen LogP contribution in [0.1, 0.15) is 27.2 Å². The highest BCUT2D eigenvalue weighted by molar-refractivity contribution is 5.68. The third-order valence-corrected chi connectivity index (χ3v) is 2.22. The molecule has 1 rings (SSSR count). The predicted molar refractivity (Wildman–Crippen MR) is 57.7 cm³/mol. The standard InChI is InChI=1S/C11H18N2O3/c1-11(2,3)16-10(14)13-9-4-5-15-7-8(9)6-12/h8-9H,4-5,7H2,1-3H3,(H,13,14). The third-order valence-electron chi connectivity index (χ3n) is 2.22. The molecule has 0 radical (unpaired) electrons. The molecule has 0 spiro atoms. The topological polar surface area (TPSA) is 71.3 Å². The van der Waals surface area contributed by atoms with E-state index in [2.05, 4.69) is 11.4 Å². The summed E-state index contributed by atoms with van der Waals surface area (Å²) in [5.41, 5.74) is -0.516. The Balaban J connectivity index is 2.46. The molecule has 16 heavy (non-hydrogen) atoms. The zero-order valence-corrected chi connectivity index (χ0v) is 9.95. The van der Waals surface area contributed by atoms with Crippen LogP contribution in [0, 0.1) is 17.2 Å². The van der Waals surface area contributed by atoms with Crippen LogP contribution in [-0.2, 0) is 9.47 Å². The first kappa shape index (κ1) is 12.8. The van der Waals surface area contributed by atoms with Crippen molar-refractivity contribution in [2.75, 3.05) is 13.2 Å².